The van der Waals surface area contributed by atoms with Crippen molar-refractivity contribution in [2.75, 3.05) is 31.2 Å². The molecule has 6 heteroatoms. The fourth-order valence-corrected chi connectivity index (χ4v) is 3.54. The van der Waals surface area contributed by atoms with Gasteiger partial charge in [-0.25, -0.2) is 9.97 Å². The van der Waals surface area contributed by atoms with Crippen molar-refractivity contribution in [3.63, 3.8) is 0 Å². The molecular formula is C18H28N4O2. The highest BCUT2D eigenvalue weighted by Crippen LogP contribution is 2.31. The Morgan fingerprint density at radius 3 is 2.67 bits per heavy atom. The number of amides is 1. The predicted octanol–water partition coefficient (Wildman–Crippen LogP) is 1.91. The van der Waals surface area contributed by atoms with Crippen LogP contribution in [0.4, 0.5) is 5.82 Å². The molecular weight excluding hydrogens is 304 g/mol. The van der Waals surface area contributed by atoms with Gasteiger partial charge in [0, 0.05) is 43.6 Å². The second-order valence-corrected chi connectivity index (χ2v) is 7.38. The average molecular weight is 332 g/mol. The van der Waals surface area contributed by atoms with E-state index in [1.54, 1.807) is 0 Å². The summed E-state index contributed by atoms with van der Waals surface area (Å²) in [4.78, 5) is 24.0. The zero-order chi connectivity index (χ0) is 17.3. The molecule has 0 radical (unpaired) electrons. The molecule has 3 heterocycles. The van der Waals surface area contributed by atoms with Gasteiger partial charge in [-0.1, -0.05) is 6.92 Å². The molecule has 0 saturated carbocycles. The SMILES string of the molecule is Cc1nc(C)c(C)c(N2CC[C@H](NC(=O)C3(C)CCOCC3)C2)n1. The van der Waals surface area contributed by atoms with E-state index in [0.717, 1.165) is 55.3 Å². The molecule has 0 aromatic carbocycles. The Bertz CT molecular complexity index is 626. The third-order valence-electron chi connectivity index (χ3n) is 5.44. The summed E-state index contributed by atoms with van der Waals surface area (Å²) in [6, 6.07) is 0.187. The zero-order valence-electron chi connectivity index (χ0n) is 15.2. The van der Waals surface area contributed by atoms with E-state index in [9.17, 15) is 4.79 Å². The smallest absolute Gasteiger partial charge is 0.226 e. The van der Waals surface area contributed by atoms with Gasteiger partial charge >= 0.3 is 0 Å². The highest BCUT2D eigenvalue weighted by atomic mass is 16.5. The summed E-state index contributed by atoms with van der Waals surface area (Å²) in [6.45, 7) is 11.2. The molecule has 6 nitrogen and oxygen atoms in total. The number of ether oxygens (including phenoxy) is 1. The van der Waals surface area contributed by atoms with Gasteiger partial charge in [-0.15, -0.1) is 0 Å². The summed E-state index contributed by atoms with van der Waals surface area (Å²) >= 11 is 0. The van der Waals surface area contributed by atoms with Crippen molar-refractivity contribution in [1.29, 1.82) is 0 Å². The highest BCUT2D eigenvalue weighted by molar-refractivity contribution is 5.82. The molecule has 0 bridgehead atoms. The Labute approximate surface area is 144 Å². The molecule has 1 amide bonds. The number of carbonyl (C=O) groups is 1. The van der Waals surface area contributed by atoms with Gasteiger partial charge in [0.25, 0.3) is 0 Å². The topological polar surface area (TPSA) is 67.4 Å². The first kappa shape index (κ1) is 17.1. The Hall–Kier alpha value is -1.69. The molecule has 1 aromatic rings. The number of aromatic nitrogens is 2. The molecule has 3 rings (SSSR count). The van der Waals surface area contributed by atoms with E-state index in [2.05, 4.69) is 34.0 Å². The lowest BCUT2D eigenvalue weighted by atomic mass is 9.81. The standard InChI is InChI=1S/C18H28N4O2/c1-12-13(2)19-14(3)20-16(12)22-8-5-15(11-22)21-17(23)18(4)6-9-24-10-7-18/h15H,5-11H2,1-4H3,(H,21,23)/t15-/m0/s1. The minimum absolute atomic E-state index is 0.171. The summed E-state index contributed by atoms with van der Waals surface area (Å²) in [6.07, 6.45) is 2.57. The van der Waals surface area contributed by atoms with Gasteiger partial charge in [0.15, 0.2) is 0 Å². The van der Waals surface area contributed by atoms with Crippen LogP contribution in [0.1, 0.15) is 43.3 Å². The van der Waals surface area contributed by atoms with E-state index in [1.807, 2.05) is 13.8 Å². The van der Waals surface area contributed by atoms with Gasteiger partial charge < -0.3 is 15.0 Å². The van der Waals surface area contributed by atoms with E-state index in [4.69, 9.17) is 4.74 Å². The molecule has 1 N–H and O–H groups in total. The summed E-state index contributed by atoms with van der Waals surface area (Å²) in [5.74, 6) is 1.98. The van der Waals surface area contributed by atoms with Crippen LogP contribution >= 0.6 is 0 Å². The average Bonchev–Trinajstić information content (AvgIpc) is 3.00. The summed E-state index contributed by atoms with van der Waals surface area (Å²) in [7, 11) is 0. The molecule has 2 aliphatic heterocycles. The van der Waals surface area contributed by atoms with E-state index in [0.29, 0.717) is 13.2 Å². The molecule has 24 heavy (non-hydrogen) atoms. The minimum Gasteiger partial charge on any atom is -0.381 e. The van der Waals surface area contributed by atoms with Gasteiger partial charge in [-0.05, 0) is 40.0 Å². The normalized spacial score (nSPS) is 23.3. The van der Waals surface area contributed by atoms with Crippen molar-refractivity contribution in [1.82, 2.24) is 15.3 Å². The van der Waals surface area contributed by atoms with Crippen molar-refractivity contribution in [3.8, 4) is 0 Å². The molecule has 2 aliphatic rings. The van der Waals surface area contributed by atoms with Gasteiger partial charge in [-0.2, -0.15) is 0 Å². The third-order valence-corrected chi connectivity index (χ3v) is 5.44. The Balaban J connectivity index is 1.64. The Morgan fingerprint density at radius 2 is 1.96 bits per heavy atom. The molecule has 2 saturated heterocycles. The van der Waals surface area contributed by atoms with E-state index in [-0.39, 0.29) is 17.4 Å². The quantitative estimate of drug-likeness (QED) is 0.916. The maximum absolute atomic E-state index is 12.7. The Kier molecular flexibility index (Phi) is 4.76. The number of hydrogen-bond donors (Lipinski definition) is 1. The van der Waals surface area contributed by atoms with E-state index >= 15 is 0 Å². The van der Waals surface area contributed by atoms with Crippen LogP contribution in [0.3, 0.4) is 0 Å². The minimum atomic E-state index is -0.288. The molecule has 1 aromatic heterocycles. The lowest BCUT2D eigenvalue weighted by Crippen LogP contribution is -2.47. The van der Waals surface area contributed by atoms with Crippen LogP contribution in [-0.2, 0) is 9.53 Å². The van der Waals surface area contributed by atoms with Crippen LogP contribution in [0.2, 0.25) is 0 Å². The van der Waals surface area contributed by atoms with Crippen molar-refractivity contribution >= 4 is 11.7 Å². The number of nitrogens with one attached hydrogen (secondary N) is 1. The maximum Gasteiger partial charge on any atom is 0.226 e. The lowest BCUT2D eigenvalue weighted by molar-refractivity contribution is -0.135. The number of anilines is 1. The molecule has 0 unspecified atom stereocenters. The van der Waals surface area contributed by atoms with Crippen LogP contribution < -0.4 is 10.2 Å². The first-order valence-electron chi connectivity index (χ1n) is 8.84. The molecule has 2 fully saturated rings. The van der Waals surface area contributed by atoms with Crippen molar-refractivity contribution in [2.45, 2.75) is 53.0 Å². The number of aryl methyl sites for hydroxylation is 2. The largest absolute Gasteiger partial charge is 0.381 e. The van der Waals surface area contributed by atoms with Gasteiger partial charge in [0.2, 0.25) is 5.91 Å². The van der Waals surface area contributed by atoms with E-state index in [1.165, 1.54) is 0 Å². The number of rotatable bonds is 3. The molecule has 132 valence electrons. The van der Waals surface area contributed by atoms with Gasteiger partial charge in [0.1, 0.15) is 11.6 Å². The first-order chi connectivity index (χ1) is 11.4. The third kappa shape index (κ3) is 3.38. The second kappa shape index (κ2) is 6.67. The summed E-state index contributed by atoms with van der Waals surface area (Å²) < 4.78 is 5.39. The van der Waals surface area contributed by atoms with Gasteiger partial charge in [0.05, 0.1) is 5.41 Å². The number of carbonyl (C=O) groups excluding carboxylic acids is 1. The van der Waals surface area contributed by atoms with Crippen molar-refractivity contribution in [2.24, 2.45) is 5.41 Å². The number of hydrogen-bond acceptors (Lipinski definition) is 5. The molecule has 0 spiro atoms. The predicted molar refractivity (Wildman–Crippen MR) is 93.2 cm³/mol. The van der Waals surface area contributed by atoms with Crippen LogP contribution in [0, 0.1) is 26.2 Å². The maximum atomic E-state index is 12.7. The van der Waals surface area contributed by atoms with Crippen LogP contribution in [-0.4, -0.2) is 48.2 Å². The monoisotopic (exact) mass is 332 g/mol. The van der Waals surface area contributed by atoms with E-state index < -0.39 is 0 Å². The second-order valence-electron chi connectivity index (χ2n) is 7.38. The Morgan fingerprint density at radius 1 is 1.25 bits per heavy atom. The van der Waals surface area contributed by atoms with Crippen molar-refractivity contribution < 1.29 is 9.53 Å². The van der Waals surface area contributed by atoms with Crippen LogP contribution in [0.5, 0.6) is 0 Å². The fourth-order valence-electron chi connectivity index (χ4n) is 3.54. The molecule has 1 atom stereocenters. The van der Waals surface area contributed by atoms with Crippen molar-refractivity contribution in [3.05, 3.63) is 17.1 Å². The zero-order valence-corrected chi connectivity index (χ0v) is 15.2. The fraction of sp³-hybridized carbons (Fsp3) is 0.722. The highest BCUT2D eigenvalue weighted by Gasteiger charge is 2.37. The molecule has 0 aliphatic carbocycles. The van der Waals surface area contributed by atoms with Crippen LogP contribution in [0.25, 0.3) is 0 Å². The van der Waals surface area contributed by atoms with Gasteiger partial charge in [-0.3, -0.25) is 4.79 Å². The first-order valence-corrected chi connectivity index (χ1v) is 8.84. The summed E-state index contributed by atoms with van der Waals surface area (Å²) in [5, 5.41) is 3.26. The van der Waals surface area contributed by atoms with Crippen LogP contribution in [0.15, 0.2) is 0 Å². The number of nitrogens with zero attached hydrogens (tertiary/aromatic N) is 3. The summed E-state index contributed by atoms with van der Waals surface area (Å²) in [5.41, 5.74) is 1.87. The lowest BCUT2D eigenvalue weighted by Gasteiger charge is -2.33.